The van der Waals surface area contributed by atoms with E-state index in [1.165, 1.54) is 38.5 Å². The lowest BCUT2D eigenvalue weighted by atomic mass is 9.75. The number of rotatable bonds is 1. The van der Waals surface area contributed by atoms with E-state index in [0.717, 1.165) is 13.1 Å². The minimum Gasteiger partial charge on any atom is -0.369 e. The van der Waals surface area contributed by atoms with Crippen molar-refractivity contribution in [1.82, 2.24) is 10.0 Å². The first-order valence-electron chi connectivity index (χ1n) is 7.38. The third kappa shape index (κ3) is 1.51. The van der Waals surface area contributed by atoms with Crippen molar-refractivity contribution in [3.63, 3.8) is 0 Å². The summed E-state index contributed by atoms with van der Waals surface area (Å²) in [5, 5.41) is 4.11. The zero-order valence-electron chi connectivity index (χ0n) is 10.9. The number of ether oxygens (including phenoxy) is 1. The van der Waals surface area contributed by atoms with Crippen molar-refractivity contribution in [1.29, 1.82) is 0 Å². The summed E-state index contributed by atoms with van der Waals surface area (Å²) < 4.78 is 6.39. The van der Waals surface area contributed by atoms with E-state index in [9.17, 15) is 0 Å². The van der Waals surface area contributed by atoms with Gasteiger partial charge in [0, 0.05) is 31.1 Å². The highest BCUT2D eigenvalue weighted by Crippen LogP contribution is 2.49. The van der Waals surface area contributed by atoms with Crippen LogP contribution in [0.15, 0.2) is 0 Å². The Morgan fingerprint density at radius 3 is 2.78 bits per heavy atom. The van der Waals surface area contributed by atoms with Crippen LogP contribution in [0.1, 0.15) is 38.5 Å². The maximum absolute atomic E-state index is 6.39. The fourth-order valence-corrected chi connectivity index (χ4v) is 4.97. The Hall–Kier alpha value is -0.200. The van der Waals surface area contributed by atoms with Crippen LogP contribution in [0.3, 0.4) is 0 Å². The average molecular weight is 252 g/mol. The molecular weight excluding hydrogens is 228 g/mol. The summed E-state index contributed by atoms with van der Waals surface area (Å²) >= 11 is 0. The standard InChI is InChI=1S/C13H24N4O/c14-16-7-10-5-6-13(8-16,18-10)11-3-1-9-2-4-12(11)17(9)15/h9-12H,1-8,14-15H2. The van der Waals surface area contributed by atoms with Crippen LogP contribution < -0.4 is 11.7 Å². The molecule has 4 aliphatic heterocycles. The van der Waals surface area contributed by atoms with Crippen molar-refractivity contribution in [2.24, 2.45) is 17.6 Å². The van der Waals surface area contributed by atoms with Crippen LogP contribution in [0.25, 0.3) is 0 Å². The van der Waals surface area contributed by atoms with Crippen LogP contribution >= 0.6 is 0 Å². The SMILES string of the molecule is NN1CC2CCC(C3CCC4CCC3N4N)(C1)O2. The van der Waals surface area contributed by atoms with Crippen LogP contribution in [0, 0.1) is 5.92 Å². The third-order valence-electron chi connectivity index (χ3n) is 5.75. The smallest absolute Gasteiger partial charge is 0.0871 e. The molecule has 18 heavy (non-hydrogen) atoms. The Bertz CT molecular complexity index is 352. The Labute approximate surface area is 108 Å². The highest BCUT2D eigenvalue weighted by atomic mass is 16.5. The van der Waals surface area contributed by atoms with Crippen molar-refractivity contribution in [2.45, 2.75) is 62.3 Å². The third-order valence-corrected chi connectivity index (χ3v) is 5.75. The number of nitrogens with zero attached hydrogens (tertiary/aromatic N) is 2. The van der Waals surface area contributed by atoms with Gasteiger partial charge in [-0.3, -0.25) is 11.7 Å². The monoisotopic (exact) mass is 252 g/mol. The summed E-state index contributed by atoms with van der Waals surface area (Å²) in [5.41, 5.74) is -0.00470. The maximum Gasteiger partial charge on any atom is 0.0871 e. The molecule has 0 aromatic carbocycles. The number of morpholine rings is 1. The molecule has 4 N–H and O–H groups in total. The summed E-state index contributed by atoms with van der Waals surface area (Å²) in [6.07, 6.45) is 7.71. The Morgan fingerprint density at radius 2 is 1.89 bits per heavy atom. The molecule has 0 aromatic rings. The zero-order valence-corrected chi connectivity index (χ0v) is 10.9. The average Bonchev–Trinajstić information content (AvgIpc) is 2.74. The number of fused-ring (bicyclic) bond motifs is 4. The highest BCUT2D eigenvalue weighted by Gasteiger charge is 2.56. The second kappa shape index (κ2) is 3.90. The summed E-state index contributed by atoms with van der Waals surface area (Å²) in [4.78, 5) is 0. The molecule has 4 bridgehead atoms. The molecule has 0 aliphatic carbocycles. The summed E-state index contributed by atoms with van der Waals surface area (Å²) in [5.74, 6) is 12.9. The van der Waals surface area contributed by atoms with Gasteiger partial charge in [0.25, 0.3) is 0 Å². The van der Waals surface area contributed by atoms with E-state index in [1.54, 1.807) is 0 Å². The molecule has 5 nitrogen and oxygen atoms in total. The van der Waals surface area contributed by atoms with Gasteiger partial charge in [-0.2, -0.15) is 0 Å². The summed E-state index contributed by atoms with van der Waals surface area (Å²) in [7, 11) is 0. The van der Waals surface area contributed by atoms with Gasteiger partial charge >= 0.3 is 0 Å². The van der Waals surface area contributed by atoms with Gasteiger partial charge in [0.1, 0.15) is 0 Å². The van der Waals surface area contributed by atoms with Crippen LogP contribution in [-0.4, -0.2) is 46.9 Å². The van der Waals surface area contributed by atoms with Gasteiger partial charge in [0.2, 0.25) is 0 Å². The van der Waals surface area contributed by atoms with Gasteiger partial charge in [0.15, 0.2) is 0 Å². The Kier molecular flexibility index (Phi) is 2.51. The summed E-state index contributed by atoms with van der Waals surface area (Å²) in [6, 6.07) is 1.14. The van der Waals surface area contributed by atoms with E-state index in [0.29, 0.717) is 24.1 Å². The van der Waals surface area contributed by atoms with E-state index in [-0.39, 0.29) is 5.60 Å². The van der Waals surface area contributed by atoms with Gasteiger partial charge in [-0.05, 0) is 38.5 Å². The molecule has 102 valence electrons. The van der Waals surface area contributed by atoms with E-state index in [2.05, 4.69) is 5.01 Å². The van der Waals surface area contributed by atoms with E-state index in [1.807, 2.05) is 5.01 Å². The Morgan fingerprint density at radius 1 is 1.06 bits per heavy atom. The second-order valence-corrected chi connectivity index (χ2v) is 6.70. The Balaban J connectivity index is 1.62. The van der Waals surface area contributed by atoms with Crippen molar-refractivity contribution in [3.8, 4) is 0 Å². The van der Waals surface area contributed by atoms with Gasteiger partial charge in [-0.15, -0.1) is 0 Å². The number of piperidine rings is 1. The minimum absolute atomic E-state index is 0.00470. The molecule has 5 unspecified atom stereocenters. The predicted octanol–water partition coefficient (Wildman–Crippen LogP) is 0.210. The lowest BCUT2D eigenvalue weighted by molar-refractivity contribution is -0.160. The lowest BCUT2D eigenvalue weighted by Gasteiger charge is -2.49. The number of hydrogen-bond acceptors (Lipinski definition) is 5. The molecule has 4 fully saturated rings. The molecule has 0 amide bonds. The molecule has 4 rings (SSSR count). The summed E-state index contributed by atoms with van der Waals surface area (Å²) in [6.45, 7) is 1.79. The first-order valence-corrected chi connectivity index (χ1v) is 7.38. The first kappa shape index (κ1) is 11.6. The fraction of sp³-hybridized carbons (Fsp3) is 1.00. The maximum atomic E-state index is 6.39. The van der Waals surface area contributed by atoms with Crippen molar-refractivity contribution >= 4 is 0 Å². The van der Waals surface area contributed by atoms with Gasteiger partial charge in [0.05, 0.1) is 11.7 Å². The molecule has 0 saturated carbocycles. The minimum atomic E-state index is -0.00470. The van der Waals surface area contributed by atoms with E-state index in [4.69, 9.17) is 16.4 Å². The van der Waals surface area contributed by atoms with Crippen LogP contribution in [0.5, 0.6) is 0 Å². The molecular formula is C13H24N4O. The van der Waals surface area contributed by atoms with Crippen LogP contribution in [0.4, 0.5) is 0 Å². The molecule has 4 saturated heterocycles. The molecule has 0 spiro atoms. The fourth-order valence-electron chi connectivity index (χ4n) is 4.97. The van der Waals surface area contributed by atoms with Gasteiger partial charge in [-0.1, -0.05) is 0 Å². The lowest BCUT2D eigenvalue weighted by Crippen LogP contribution is -2.62. The van der Waals surface area contributed by atoms with Crippen LogP contribution in [-0.2, 0) is 4.74 Å². The predicted molar refractivity (Wildman–Crippen MR) is 68.2 cm³/mol. The highest BCUT2D eigenvalue weighted by molar-refractivity contribution is 5.07. The normalized spacial score (nSPS) is 53.0. The van der Waals surface area contributed by atoms with Crippen molar-refractivity contribution in [3.05, 3.63) is 0 Å². The van der Waals surface area contributed by atoms with Crippen LogP contribution in [0.2, 0.25) is 0 Å². The number of hydrogen-bond donors (Lipinski definition) is 2. The van der Waals surface area contributed by atoms with E-state index >= 15 is 0 Å². The van der Waals surface area contributed by atoms with Gasteiger partial charge < -0.3 is 4.74 Å². The van der Waals surface area contributed by atoms with Crippen molar-refractivity contribution in [2.75, 3.05) is 13.1 Å². The van der Waals surface area contributed by atoms with E-state index < -0.39 is 0 Å². The quantitative estimate of drug-likeness (QED) is 0.653. The molecule has 4 heterocycles. The second-order valence-electron chi connectivity index (χ2n) is 6.70. The number of hydrazine groups is 2. The van der Waals surface area contributed by atoms with Gasteiger partial charge in [-0.25, -0.2) is 10.0 Å². The number of nitrogens with two attached hydrogens (primary N) is 2. The molecule has 5 atom stereocenters. The van der Waals surface area contributed by atoms with Crippen molar-refractivity contribution < 1.29 is 4.74 Å². The topological polar surface area (TPSA) is 67.8 Å². The molecule has 0 radical (unpaired) electrons. The largest absolute Gasteiger partial charge is 0.369 e. The first-order chi connectivity index (χ1) is 8.68. The molecule has 4 aliphatic rings. The molecule has 5 heteroatoms. The molecule has 0 aromatic heterocycles. The zero-order chi connectivity index (χ0) is 12.3.